The topological polar surface area (TPSA) is 17.1 Å². The van der Waals surface area contributed by atoms with Gasteiger partial charge in [-0.1, -0.05) is 25.6 Å². The molecule has 1 saturated heterocycles. The summed E-state index contributed by atoms with van der Waals surface area (Å²) in [5.41, 5.74) is 0. The lowest BCUT2D eigenvalue weighted by molar-refractivity contribution is -0.912. The number of carbonyl (C=O) groups is 1. The van der Waals surface area contributed by atoms with Gasteiger partial charge in [0.2, 0.25) is 0 Å². The SMILES string of the molecule is CCC(=O)SCC[N+]1(C)CCC(C)CC1. The molecule has 0 bridgehead atoms. The molecule has 1 rings (SSSR count). The summed E-state index contributed by atoms with van der Waals surface area (Å²) in [6.45, 7) is 8.03. The van der Waals surface area contributed by atoms with Gasteiger partial charge in [0.1, 0.15) is 0 Å². The van der Waals surface area contributed by atoms with Crippen LogP contribution in [0.1, 0.15) is 33.1 Å². The Morgan fingerprint density at radius 1 is 1.40 bits per heavy atom. The van der Waals surface area contributed by atoms with Crippen LogP contribution in [0.5, 0.6) is 0 Å². The second-order valence-corrected chi connectivity index (χ2v) is 6.20. The largest absolute Gasteiger partial charge is 0.325 e. The van der Waals surface area contributed by atoms with Crippen LogP contribution in [0, 0.1) is 5.92 Å². The van der Waals surface area contributed by atoms with Crippen LogP contribution < -0.4 is 0 Å². The fourth-order valence-corrected chi connectivity index (χ4v) is 2.99. The second-order valence-electron chi connectivity index (χ2n) is 5.05. The Balaban J connectivity index is 2.22. The molecule has 3 heteroatoms. The summed E-state index contributed by atoms with van der Waals surface area (Å²) < 4.78 is 1.17. The Kier molecular flexibility index (Phi) is 5.13. The highest BCUT2D eigenvalue weighted by molar-refractivity contribution is 8.13. The molecule has 15 heavy (non-hydrogen) atoms. The van der Waals surface area contributed by atoms with Gasteiger partial charge in [-0.25, -0.2) is 0 Å². The monoisotopic (exact) mass is 230 g/mol. The highest BCUT2D eigenvalue weighted by Crippen LogP contribution is 2.22. The second kappa shape index (κ2) is 5.90. The zero-order chi connectivity index (χ0) is 11.3. The van der Waals surface area contributed by atoms with Crippen LogP contribution in [0.2, 0.25) is 0 Å². The van der Waals surface area contributed by atoms with Crippen molar-refractivity contribution < 1.29 is 9.28 Å². The predicted molar refractivity (Wildman–Crippen MR) is 66.9 cm³/mol. The molecule has 0 aromatic heterocycles. The summed E-state index contributed by atoms with van der Waals surface area (Å²) in [7, 11) is 2.34. The van der Waals surface area contributed by atoms with Gasteiger partial charge in [0, 0.05) is 6.42 Å². The van der Waals surface area contributed by atoms with Crippen molar-refractivity contribution in [1.29, 1.82) is 0 Å². The van der Waals surface area contributed by atoms with Gasteiger partial charge in [0.25, 0.3) is 0 Å². The van der Waals surface area contributed by atoms with Crippen molar-refractivity contribution in [2.45, 2.75) is 33.1 Å². The Bertz CT molecular complexity index is 210. The molecule has 88 valence electrons. The molecule has 1 heterocycles. The molecule has 1 aliphatic heterocycles. The van der Waals surface area contributed by atoms with Gasteiger partial charge in [-0.3, -0.25) is 4.79 Å². The molecule has 1 fully saturated rings. The maximum atomic E-state index is 11.2. The molecule has 0 amide bonds. The number of thioether (sulfide) groups is 1. The minimum Gasteiger partial charge on any atom is -0.325 e. The minimum atomic E-state index is 0.340. The van der Waals surface area contributed by atoms with Gasteiger partial charge in [0.05, 0.1) is 32.4 Å². The number of piperidine rings is 1. The lowest BCUT2D eigenvalue weighted by Gasteiger charge is -2.39. The molecule has 0 atom stereocenters. The number of hydrogen-bond donors (Lipinski definition) is 0. The van der Waals surface area contributed by atoms with Crippen LogP contribution >= 0.6 is 11.8 Å². The van der Waals surface area contributed by atoms with Gasteiger partial charge >= 0.3 is 0 Å². The van der Waals surface area contributed by atoms with E-state index in [1.165, 1.54) is 42.2 Å². The standard InChI is InChI=1S/C12H24NOS/c1-4-12(14)15-10-9-13(3)7-5-11(2)6-8-13/h11H,4-10H2,1-3H3/q+1. The molecule has 2 nitrogen and oxygen atoms in total. The van der Waals surface area contributed by atoms with E-state index in [9.17, 15) is 4.79 Å². The lowest BCUT2D eigenvalue weighted by atomic mass is 9.98. The average molecular weight is 230 g/mol. The number of nitrogens with zero attached hydrogens (tertiary/aromatic N) is 1. The van der Waals surface area contributed by atoms with E-state index in [0.717, 1.165) is 18.2 Å². The Labute approximate surface area is 98.0 Å². The van der Waals surface area contributed by atoms with Gasteiger partial charge < -0.3 is 4.48 Å². The third kappa shape index (κ3) is 4.56. The van der Waals surface area contributed by atoms with Crippen LogP contribution in [0.4, 0.5) is 0 Å². The summed E-state index contributed by atoms with van der Waals surface area (Å²) in [6.07, 6.45) is 3.37. The quantitative estimate of drug-likeness (QED) is 0.690. The molecule has 0 aromatic carbocycles. The van der Waals surface area contributed by atoms with Gasteiger partial charge in [0.15, 0.2) is 5.12 Å². The first-order valence-electron chi connectivity index (χ1n) is 6.05. The van der Waals surface area contributed by atoms with Crippen molar-refractivity contribution in [2.24, 2.45) is 5.92 Å². The molecule has 0 radical (unpaired) electrons. The Morgan fingerprint density at radius 2 is 2.00 bits per heavy atom. The van der Waals surface area contributed by atoms with Gasteiger partial charge in [-0.15, -0.1) is 0 Å². The average Bonchev–Trinajstić information content (AvgIpc) is 2.23. The molecule has 1 aliphatic rings. The molecule has 0 aliphatic carbocycles. The molecule has 0 spiro atoms. The zero-order valence-corrected chi connectivity index (χ0v) is 11.1. The summed E-state index contributed by atoms with van der Waals surface area (Å²) in [5.74, 6) is 1.90. The van der Waals surface area contributed by atoms with E-state index < -0.39 is 0 Å². The van der Waals surface area contributed by atoms with E-state index >= 15 is 0 Å². The minimum absolute atomic E-state index is 0.340. The Hall–Kier alpha value is -0.0200. The van der Waals surface area contributed by atoms with E-state index in [1.807, 2.05) is 6.92 Å². The number of likely N-dealkylation sites (tertiary alicyclic amines) is 1. The normalized spacial score (nSPS) is 31.5. The predicted octanol–water partition coefficient (Wildman–Crippen LogP) is 2.53. The van der Waals surface area contributed by atoms with E-state index in [-0.39, 0.29) is 0 Å². The van der Waals surface area contributed by atoms with Crippen molar-refractivity contribution in [3.05, 3.63) is 0 Å². The number of quaternary nitrogens is 1. The highest BCUT2D eigenvalue weighted by Gasteiger charge is 2.27. The van der Waals surface area contributed by atoms with Crippen molar-refractivity contribution in [3.8, 4) is 0 Å². The first kappa shape index (κ1) is 13.0. The van der Waals surface area contributed by atoms with E-state index in [0.29, 0.717) is 11.5 Å². The van der Waals surface area contributed by atoms with Gasteiger partial charge in [-0.2, -0.15) is 0 Å². The third-order valence-corrected chi connectivity index (χ3v) is 4.50. The fraction of sp³-hybridized carbons (Fsp3) is 0.917. The summed E-state index contributed by atoms with van der Waals surface area (Å²) in [5, 5.41) is 0.340. The van der Waals surface area contributed by atoms with Crippen molar-refractivity contribution in [2.75, 3.05) is 32.4 Å². The number of hydrogen-bond acceptors (Lipinski definition) is 2. The van der Waals surface area contributed by atoms with Gasteiger partial charge in [-0.05, 0) is 18.8 Å². The first-order chi connectivity index (χ1) is 7.06. The van der Waals surface area contributed by atoms with Crippen molar-refractivity contribution >= 4 is 16.9 Å². The van der Waals surface area contributed by atoms with E-state index in [1.54, 1.807) is 0 Å². The van der Waals surface area contributed by atoms with Crippen LogP contribution in [-0.2, 0) is 4.79 Å². The molecular formula is C12H24NOS+. The smallest absolute Gasteiger partial charge is 0.188 e. The zero-order valence-electron chi connectivity index (χ0n) is 10.3. The van der Waals surface area contributed by atoms with E-state index in [4.69, 9.17) is 0 Å². The molecule has 0 N–H and O–H groups in total. The van der Waals surface area contributed by atoms with E-state index in [2.05, 4.69) is 14.0 Å². The summed E-state index contributed by atoms with van der Waals surface area (Å²) in [4.78, 5) is 11.2. The van der Waals surface area contributed by atoms with Crippen LogP contribution in [0.15, 0.2) is 0 Å². The number of rotatable bonds is 4. The van der Waals surface area contributed by atoms with Crippen LogP contribution in [-0.4, -0.2) is 42.0 Å². The van der Waals surface area contributed by atoms with Crippen LogP contribution in [0.3, 0.4) is 0 Å². The van der Waals surface area contributed by atoms with Crippen LogP contribution in [0.25, 0.3) is 0 Å². The maximum absolute atomic E-state index is 11.2. The lowest BCUT2D eigenvalue weighted by Crippen LogP contribution is -2.50. The highest BCUT2D eigenvalue weighted by atomic mass is 32.2. The third-order valence-electron chi connectivity index (χ3n) is 3.51. The first-order valence-corrected chi connectivity index (χ1v) is 7.03. The number of carbonyl (C=O) groups excluding carboxylic acids is 1. The maximum Gasteiger partial charge on any atom is 0.188 e. The van der Waals surface area contributed by atoms with Crippen molar-refractivity contribution in [1.82, 2.24) is 0 Å². The summed E-state index contributed by atoms with van der Waals surface area (Å²) in [6, 6.07) is 0. The summed E-state index contributed by atoms with van der Waals surface area (Å²) >= 11 is 1.51. The molecular weight excluding hydrogens is 206 g/mol. The molecule has 0 unspecified atom stereocenters. The van der Waals surface area contributed by atoms with Crippen molar-refractivity contribution in [3.63, 3.8) is 0 Å². The Morgan fingerprint density at radius 3 is 2.53 bits per heavy atom. The fourth-order valence-electron chi connectivity index (χ4n) is 2.03. The molecule has 0 aromatic rings. The molecule has 0 saturated carbocycles.